The van der Waals surface area contributed by atoms with Crippen LogP contribution >= 0.6 is 11.6 Å². The average Bonchev–Trinajstić information content (AvgIpc) is 2.52. The lowest BCUT2D eigenvalue weighted by Crippen LogP contribution is -2.14. The smallest absolute Gasteiger partial charge is 0.416 e. The highest BCUT2D eigenvalue weighted by Gasteiger charge is 2.32. The normalized spacial score (nSPS) is 13.6. The number of ether oxygens (including phenoxy) is 1. The highest BCUT2D eigenvalue weighted by Crippen LogP contribution is 2.37. The van der Waals surface area contributed by atoms with Crippen molar-refractivity contribution in [2.45, 2.75) is 18.5 Å². The van der Waals surface area contributed by atoms with Gasteiger partial charge in [0.1, 0.15) is 11.9 Å². The molecule has 9 heteroatoms. The minimum Gasteiger partial charge on any atom is -0.482 e. The van der Waals surface area contributed by atoms with Crippen molar-refractivity contribution in [3.8, 4) is 5.75 Å². The summed E-state index contributed by atoms with van der Waals surface area (Å²) in [6.07, 6.45) is -10.4. The van der Waals surface area contributed by atoms with Gasteiger partial charge in [-0.25, -0.2) is 0 Å². The van der Waals surface area contributed by atoms with Gasteiger partial charge in [0.15, 0.2) is 0 Å². The maximum absolute atomic E-state index is 12.8. The third kappa shape index (κ3) is 4.79. The van der Waals surface area contributed by atoms with Gasteiger partial charge in [0.25, 0.3) is 0 Å². The maximum Gasteiger partial charge on any atom is 0.416 e. The molecule has 25 heavy (non-hydrogen) atoms. The molecule has 1 N–H and O–H groups in total. The Bertz CT molecular complexity index is 742. The predicted octanol–water partition coefficient (Wildman–Crippen LogP) is 5.49. The van der Waals surface area contributed by atoms with Crippen molar-refractivity contribution in [3.05, 3.63) is 64.2 Å². The minimum atomic E-state index is -4.60. The van der Waals surface area contributed by atoms with E-state index < -0.39 is 36.2 Å². The van der Waals surface area contributed by atoms with E-state index >= 15 is 0 Å². The van der Waals surface area contributed by atoms with Crippen molar-refractivity contribution < 1.29 is 36.2 Å². The second-order valence-electron chi connectivity index (χ2n) is 5.06. The Morgan fingerprint density at radius 3 is 2.04 bits per heavy atom. The molecule has 0 aromatic heterocycles. The van der Waals surface area contributed by atoms with Crippen LogP contribution in [0, 0.1) is 0 Å². The lowest BCUT2D eigenvalue weighted by atomic mass is 10.1. The highest BCUT2D eigenvalue weighted by molar-refractivity contribution is 6.32. The second kappa shape index (κ2) is 7.13. The predicted molar refractivity (Wildman–Crippen MR) is 78.4 cm³/mol. The fraction of sp³-hybridized carbons (Fsp3) is 0.250. The van der Waals surface area contributed by atoms with E-state index in [-0.39, 0.29) is 16.3 Å². The number of alkyl halides is 6. The summed E-state index contributed by atoms with van der Waals surface area (Å²) in [7, 11) is 0. The minimum absolute atomic E-state index is 0.00768. The zero-order chi connectivity index (χ0) is 18.8. The van der Waals surface area contributed by atoms with Crippen LogP contribution in [0.1, 0.15) is 22.8 Å². The molecule has 2 aromatic carbocycles. The molecular formula is C16H11ClF6O2. The first kappa shape index (κ1) is 19.4. The first-order valence-electron chi connectivity index (χ1n) is 6.84. The Labute approximate surface area is 143 Å². The molecule has 0 fully saturated rings. The lowest BCUT2D eigenvalue weighted by Gasteiger charge is -2.20. The van der Waals surface area contributed by atoms with Crippen molar-refractivity contribution >= 4 is 11.6 Å². The fourth-order valence-corrected chi connectivity index (χ4v) is 2.28. The average molecular weight is 385 g/mol. The van der Waals surface area contributed by atoms with Crippen LogP contribution in [0.2, 0.25) is 5.02 Å². The van der Waals surface area contributed by atoms with Crippen molar-refractivity contribution in [1.82, 2.24) is 0 Å². The standard InChI is InChI=1S/C16H11ClF6O2/c17-12-7-11(16(21,22)23)4-5-13(12)25-14(8-24)9-2-1-3-10(6-9)15(18,19)20/h1-7,14,24H,8H2. The largest absolute Gasteiger partial charge is 0.482 e. The summed E-state index contributed by atoms with van der Waals surface area (Å²) < 4.78 is 81.4. The van der Waals surface area contributed by atoms with Gasteiger partial charge in [-0.3, -0.25) is 0 Å². The number of aliphatic hydroxyl groups excluding tert-OH is 1. The second-order valence-corrected chi connectivity index (χ2v) is 5.46. The fourth-order valence-electron chi connectivity index (χ4n) is 2.05. The first-order valence-corrected chi connectivity index (χ1v) is 7.21. The molecule has 0 aliphatic carbocycles. The van der Waals surface area contributed by atoms with Crippen LogP contribution in [-0.4, -0.2) is 11.7 Å². The van der Waals surface area contributed by atoms with Crippen molar-refractivity contribution in [3.63, 3.8) is 0 Å². The van der Waals surface area contributed by atoms with Gasteiger partial charge < -0.3 is 9.84 Å². The number of hydrogen-bond acceptors (Lipinski definition) is 2. The lowest BCUT2D eigenvalue weighted by molar-refractivity contribution is -0.138. The van der Waals surface area contributed by atoms with E-state index in [1.54, 1.807) is 0 Å². The number of rotatable bonds is 4. The maximum atomic E-state index is 12.8. The van der Waals surface area contributed by atoms with Crippen LogP contribution in [0.3, 0.4) is 0 Å². The van der Waals surface area contributed by atoms with Crippen molar-refractivity contribution in [2.24, 2.45) is 0 Å². The van der Waals surface area contributed by atoms with Gasteiger partial charge in [-0.2, -0.15) is 26.3 Å². The molecule has 0 bridgehead atoms. The summed E-state index contributed by atoms with van der Waals surface area (Å²) in [5, 5.41) is 9.01. The quantitative estimate of drug-likeness (QED) is 0.706. The molecule has 0 saturated heterocycles. The van der Waals surface area contributed by atoms with Gasteiger partial charge in [-0.1, -0.05) is 23.7 Å². The molecule has 2 nitrogen and oxygen atoms in total. The Morgan fingerprint density at radius 1 is 0.920 bits per heavy atom. The van der Waals surface area contributed by atoms with Crippen LogP contribution < -0.4 is 4.74 Å². The number of hydrogen-bond donors (Lipinski definition) is 1. The third-order valence-corrected chi connectivity index (χ3v) is 3.58. The van der Waals surface area contributed by atoms with Gasteiger partial charge in [0.2, 0.25) is 0 Å². The Kier molecular flexibility index (Phi) is 5.53. The van der Waals surface area contributed by atoms with Gasteiger partial charge >= 0.3 is 12.4 Å². The molecule has 2 rings (SSSR count). The summed E-state index contributed by atoms with van der Waals surface area (Å²) in [6.45, 7) is -0.696. The van der Waals surface area contributed by atoms with Gasteiger partial charge in [-0.05, 0) is 35.9 Å². The summed E-state index contributed by atoms with van der Waals surface area (Å²) in [4.78, 5) is 0. The summed E-state index contributed by atoms with van der Waals surface area (Å²) in [6, 6.07) is 6.38. The van der Waals surface area contributed by atoms with E-state index in [0.717, 1.165) is 30.3 Å². The van der Waals surface area contributed by atoms with Gasteiger partial charge in [0, 0.05) is 0 Å². The Morgan fingerprint density at radius 2 is 1.52 bits per heavy atom. The summed E-state index contributed by atoms with van der Waals surface area (Å²) in [5.41, 5.74) is -1.93. The molecule has 0 saturated carbocycles. The van der Waals surface area contributed by atoms with E-state index in [1.165, 1.54) is 6.07 Å². The zero-order valence-electron chi connectivity index (χ0n) is 12.3. The topological polar surface area (TPSA) is 29.5 Å². The summed E-state index contributed by atoms with van der Waals surface area (Å²) >= 11 is 5.74. The van der Waals surface area contributed by atoms with E-state index in [1.807, 2.05) is 0 Å². The zero-order valence-corrected chi connectivity index (χ0v) is 13.1. The molecular weight excluding hydrogens is 374 g/mol. The SMILES string of the molecule is OCC(Oc1ccc(C(F)(F)F)cc1Cl)c1cccc(C(F)(F)F)c1. The first-order chi connectivity index (χ1) is 11.5. The van der Waals surface area contributed by atoms with Crippen LogP contribution in [0.25, 0.3) is 0 Å². The molecule has 0 aliphatic rings. The molecule has 136 valence electrons. The van der Waals surface area contributed by atoms with E-state index in [0.29, 0.717) is 6.07 Å². The molecule has 0 radical (unpaired) electrons. The number of aliphatic hydroxyl groups is 1. The van der Waals surface area contributed by atoms with Gasteiger partial charge in [-0.15, -0.1) is 0 Å². The highest BCUT2D eigenvalue weighted by atomic mass is 35.5. The van der Waals surface area contributed by atoms with Crippen LogP contribution in [0.5, 0.6) is 5.75 Å². The van der Waals surface area contributed by atoms with Crippen LogP contribution in [0.15, 0.2) is 42.5 Å². The Balaban J connectivity index is 2.29. The van der Waals surface area contributed by atoms with Crippen LogP contribution in [-0.2, 0) is 12.4 Å². The van der Waals surface area contributed by atoms with Crippen LogP contribution in [0.4, 0.5) is 26.3 Å². The molecule has 0 aliphatic heterocycles. The Hall–Kier alpha value is -1.93. The monoisotopic (exact) mass is 384 g/mol. The van der Waals surface area contributed by atoms with E-state index in [9.17, 15) is 31.4 Å². The number of halogens is 7. The molecule has 0 amide bonds. The van der Waals surface area contributed by atoms with Gasteiger partial charge in [0.05, 0.1) is 22.8 Å². The van der Waals surface area contributed by atoms with E-state index in [2.05, 4.69) is 0 Å². The summed E-state index contributed by atoms with van der Waals surface area (Å²) in [5.74, 6) is -0.189. The molecule has 0 heterocycles. The molecule has 1 unspecified atom stereocenters. The molecule has 2 aromatic rings. The molecule has 1 atom stereocenters. The van der Waals surface area contributed by atoms with E-state index in [4.69, 9.17) is 16.3 Å². The van der Waals surface area contributed by atoms with Crippen molar-refractivity contribution in [1.29, 1.82) is 0 Å². The number of benzene rings is 2. The third-order valence-electron chi connectivity index (χ3n) is 3.28. The van der Waals surface area contributed by atoms with Crippen molar-refractivity contribution in [2.75, 3.05) is 6.61 Å². The molecule has 0 spiro atoms.